The van der Waals surface area contributed by atoms with Gasteiger partial charge < -0.3 is 0 Å². The van der Waals surface area contributed by atoms with Crippen LogP contribution in [-0.2, 0) is 0 Å². The normalized spacial score (nSPS) is 11.3. The van der Waals surface area contributed by atoms with E-state index in [2.05, 4.69) is 48.5 Å². The zero-order valence-corrected chi connectivity index (χ0v) is 34.8. The van der Waals surface area contributed by atoms with Crippen LogP contribution in [0.25, 0.3) is 111 Å². The molecular weight excluding hydrogens is 783 g/mol. The number of hydrogen-bond acceptors (Lipinski definition) is 0. The molecule has 11 aromatic rings. The largest absolute Gasteiger partial charge is 0.206 e. The van der Waals surface area contributed by atoms with Crippen molar-refractivity contribution in [2.24, 2.45) is 0 Å². The van der Waals surface area contributed by atoms with Gasteiger partial charge in [0.1, 0.15) is 11.6 Å². The first kappa shape index (κ1) is 38.7. The molecule has 0 radical (unpaired) electrons. The Morgan fingerprint density at radius 3 is 0.422 bits per heavy atom. The fourth-order valence-corrected chi connectivity index (χ4v) is 9.78. The number of rotatable bonds is 8. The second kappa shape index (κ2) is 16.6. The summed E-state index contributed by atoms with van der Waals surface area (Å²) < 4.78 is 39.6. The molecule has 11 rings (SSSR count). The summed E-state index contributed by atoms with van der Waals surface area (Å²) >= 11 is 0. The van der Waals surface area contributed by atoms with E-state index in [1.807, 2.05) is 194 Å². The molecule has 11 aromatic carbocycles. The molecule has 0 unspecified atom stereocenters. The molecule has 0 fully saturated rings. The summed E-state index contributed by atoms with van der Waals surface area (Å²) in [5, 5.41) is 0.931. The van der Waals surface area contributed by atoms with Gasteiger partial charge in [0.15, 0.2) is 0 Å². The maximum Gasteiger partial charge on any atom is 0.140 e. The summed E-state index contributed by atoms with van der Waals surface area (Å²) in [6.45, 7) is 0. The Morgan fingerprint density at radius 2 is 0.281 bits per heavy atom. The van der Waals surface area contributed by atoms with E-state index in [9.17, 15) is 0 Å². The van der Waals surface area contributed by atoms with Crippen molar-refractivity contribution in [3.63, 3.8) is 0 Å². The van der Waals surface area contributed by atoms with Crippen molar-refractivity contribution in [2.45, 2.75) is 0 Å². The Morgan fingerprint density at radius 1 is 0.156 bits per heavy atom. The minimum atomic E-state index is -0.480. The Hall–Kier alpha value is -8.20. The number of benzene rings is 11. The standard InChI is InChI=1S/C62H40F2/c63-61-57-53(45-33-17-5-18-34-45)49(41-25-9-1-10-26-41)50(42-27-11-2-12-28-42)54(46-35-19-6-20-36-46)58(57)62(64)60-56(48-39-23-8-24-40-48)52(44-31-15-4-16-32-44)51(43-29-13-3-14-30-43)55(59(60)61)47-37-21-7-22-38-47/h1-40H. The maximum atomic E-state index is 19.8. The van der Waals surface area contributed by atoms with Crippen molar-refractivity contribution in [3.8, 4) is 89.0 Å². The summed E-state index contributed by atoms with van der Waals surface area (Å²) in [7, 11) is 0. The quantitative estimate of drug-likeness (QED) is 0.134. The van der Waals surface area contributed by atoms with Gasteiger partial charge in [0.05, 0.1) is 0 Å². The first-order valence-electron chi connectivity index (χ1n) is 21.7. The fraction of sp³-hybridized carbons (Fsp3) is 0. The molecule has 64 heavy (non-hydrogen) atoms. The lowest BCUT2D eigenvalue weighted by molar-refractivity contribution is 0.635. The van der Waals surface area contributed by atoms with Crippen LogP contribution >= 0.6 is 0 Å². The summed E-state index contributed by atoms with van der Waals surface area (Å²) in [5.74, 6) is -0.959. The molecule has 0 aliphatic carbocycles. The summed E-state index contributed by atoms with van der Waals surface area (Å²) in [4.78, 5) is 0. The van der Waals surface area contributed by atoms with Crippen molar-refractivity contribution in [3.05, 3.63) is 254 Å². The van der Waals surface area contributed by atoms with E-state index in [0.29, 0.717) is 22.3 Å². The molecule has 0 amide bonds. The van der Waals surface area contributed by atoms with Crippen LogP contribution in [0.3, 0.4) is 0 Å². The van der Waals surface area contributed by atoms with Crippen molar-refractivity contribution in [1.29, 1.82) is 0 Å². The van der Waals surface area contributed by atoms with Gasteiger partial charge in [-0.2, -0.15) is 0 Å². The van der Waals surface area contributed by atoms with Crippen LogP contribution in [0.15, 0.2) is 243 Å². The van der Waals surface area contributed by atoms with Crippen LogP contribution in [0.1, 0.15) is 0 Å². The topological polar surface area (TPSA) is 0 Å². The fourth-order valence-electron chi connectivity index (χ4n) is 9.78. The van der Waals surface area contributed by atoms with Crippen LogP contribution in [0.2, 0.25) is 0 Å². The van der Waals surface area contributed by atoms with Gasteiger partial charge in [-0.3, -0.25) is 0 Å². The highest BCUT2D eigenvalue weighted by atomic mass is 19.1. The second-order valence-corrected chi connectivity index (χ2v) is 16.1. The van der Waals surface area contributed by atoms with Gasteiger partial charge in [-0.15, -0.1) is 0 Å². The van der Waals surface area contributed by atoms with E-state index in [1.165, 1.54) is 0 Å². The zero-order chi connectivity index (χ0) is 43.0. The minimum Gasteiger partial charge on any atom is -0.206 e. The summed E-state index contributed by atoms with van der Waals surface area (Å²) in [6, 6.07) is 80.5. The van der Waals surface area contributed by atoms with Crippen molar-refractivity contribution >= 4 is 21.5 Å². The lowest BCUT2D eigenvalue weighted by Crippen LogP contribution is -2.05. The third-order valence-electron chi connectivity index (χ3n) is 12.4. The molecule has 2 heteroatoms. The third-order valence-corrected chi connectivity index (χ3v) is 12.4. The Balaban J connectivity index is 1.52. The highest BCUT2D eigenvalue weighted by Crippen LogP contribution is 2.58. The molecule has 0 saturated carbocycles. The number of fused-ring (bicyclic) bond motifs is 2. The van der Waals surface area contributed by atoms with E-state index in [0.717, 1.165) is 66.8 Å². The Bertz CT molecular complexity index is 2960. The molecule has 0 aliphatic heterocycles. The van der Waals surface area contributed by atoms with E-state index >= 15 is 8.78 Å². The van der Waals surface area contributed by atoms with Gasteiger partial charge in [0.2, 0.25) is 0 Å². The van der Waals surface area contributed by atoms with Gasteiger partial charge >= 0.3 is 0 Å². The van der Waals surface area contributed by atoms with E-state index < -0.39 is 11.6 Å². The monoisotopic (exact) mass is 822 g/mol. The molecule has 0 spiro atoms. The average molecular weight is 823 g/mol. The van der Waals surface area contributed by atoms with Gasteiger partial charge in [0, 0.05) is 43.8 Å². The van der Waals surface area contributed by atoms with Gasteiger partial charge in [-0.05, 0) is 66.8 Å². The molecule has 0 aromatic heterocycles. The van der Waals surface area contributed by atoms with Gasteiger partial charge in [-0.25, -0.2) is 8.78 Å². The molecule has 0 nitrogen and oxygen atoms in total. The average Bonchev–Trinajstić information content (AvgIpc) is 3.38. The number of halogens is 2. The van der Waals surface area contributed by atoms with Crippen LogP contribution in [-0.4, -0.2) is 0 Å². The highest BCUT2D eigenvalue weighted by molar-refractivity contribution is 6.27. The molecule has 0 atom stereocenters. The summed E-state index contributed by atoms with van der Waals surface area (Å²) in [6.07, 6.45) is 0. The van der Waals surface area contributed by atoms with Crippen molar-refractivity contribution < 1.29 is 8.78 Å². The smallest absolute Gasteiger partial charge is 0.140 e. The summed E-state index contributed by atoms with van der Waals surface area (Å²) in [5.41, 5.74) is 12.6. The lowest BCUT2D eigenvalue weighted by atomic mass is 9.74. The first-order valence-corrected chi connectivity index (χ1v) is 21.7. The zero-order valence-electron chi connectivity index (χ0n) is 34.8. The molecule has 302 valence electrons. The Kier molecular flexibility index (Phi) is 10.0. The molecule has 0 aliphatic rings. The first-order chi connectivity index (χ1) is 31.7. The molecule has 0 N–H and O–H groups in total. The van der Waals surface area contributed by atoms with E-state index in [1.54, 1.807) is 0 Å². The van der Waals surface area contributed by atoms with Gasteiger partial charge in [0.25, 0.3) is 0 Å². The van der Waals surface area contributed by atoms with Crippen LogP contribution in [0.5, 0.6) is 0 Å². The van der Waals surface area contributed by atoms with Crippen LogP contribution in [0, 0.1) is 11.6 Å². The van der Waals surface area contributed by atoms with E-state index in [4.69, 9.17) is 0 Å². The molecule has 0 saturated heterocycles. The predicted molar refractivity (Wildman–Crippen MR) is 265 cm³/mol. The molecule has 0 heterocycles. The van der Waals surface area contributed by atoms with Crippen LogP contribution < -0.4 is 0 Å². The van der Waals surface area contributed by atoms with Crippen molar-refractivity contribution in [1.82, 2.24) is 0 Å². The van der Waals surface area contributed by atoms with Crippen molar-refractivity contribution in [2.75, 3.05) is 0 Å². The molecular formula is C62H40F2. The predicted octanol–water partition coefficient (Wildman–Crippen LogP) is 17.6. The van der Waals surface area contributed by atoms with Gasteiger partial charge in [-0.1, -0.05) is 243 Å². The van der Waals surface area contributed by atoms with E-state index in [-0.39, 0.29) is 21.5 Å². The lowest BCUT2D eigenvalue weighted by Gasteiger charge is -2.28. The number of hydrogen-bond donors (Lipinski definition) is 0. The molecule has 0 bridgehead atoms. The van der Waals surface area contributed by atoms with Crippen LogP contribution in [0.4, 0.5) is 8.78 Å². The Labute approximate surface area is 372 Å². The SMILES string of the molecule is Fc1c2c(-c3ccccc3)c(-c3ccccc3)c(-c3ccccc3)c(-c3ccccc3)c2c(F)c2c(-c3ccccc3)c(-c3ccccc3)c(-c3ccccc3)c(-c3ccccc3)c12. The third kappa shape index (κ3) is 6.51. The minimum absolute atomic E-state index is 0.233. The second-order valence-electron chi connectivity index (χ2n) is 16.1. The maximum absolute atomic E-state index is 19.8. The highest BCUT2D eigenvalue weighted by Gasteiger charge is 2.34.